The number of rotatable bonds is 0. The van der Waals surface area contributed by atoms with Gasteiger partial charge in [-0.3, -0.25) is 0 Å². The lowest BCUT2D eigenvalue weighted by Gasteiger charge is -2.29. The molecular weight excluding hydrogens is 195 g/mol. The second-order valence-corrected chi connectivity index (χ2v) is 2.64. The Balaban J connectivity index is 0.00000121. The van der Waals surface area contributed by atoms with E-state index in [1.165, 1.54) is 0 Å². The van der Waals surface area contributed by atoms with Crippen LogP contribution in [-0.4, -0.2) is 31.5 Å². The highest BCUT2D eigenvalue weighted by Crippen LogP contribution is 2.24. The molecule has 1 heterocycles. The zero-order valence-electron chi connectivity index (χ0n) is 6.52. The Bertz CT molecular complexity index is 141. The van der Waals surface area contributed by atoms with E-state index in [9.17, 15) is 13.2 Å². The number of halogens is 4. The lowest BCUT2D eigenvalue weighted by molar-refractivity contribution is -0.237. The molecule has 74 valence electrons. The topological polar surface area (TPSA) is 21.3 Å². The van der Waals surface area contributed by atoms with Crippen LogP contribution in [0, 0.1) is 0 Å². The van der Waals surface area contributed by atoms with Gasteiger partial charge in [-0.2, -0.15) is 13.2 Å². The normalized spacial score (nSPS) is 31.0. The summed E-state index contributed by atoms with van der Waals surface area (Å²) < 4.78 is 40.5. The molecule has 2 atom stereocenters. The fourth-order valence-corrected chi connectivity index (χ4v) is 0.987. The molecule has 1 fully saturated rings. The van der Waals surface area contributed by atoms with E-state index in [1.54, 1.807) is 6.92 Å². The summed E-state index contributed by atoms with van der Waals surface area (Å²) in [5, 5.41) is 2.65. The predicted octanol–water partition coefficient (Wildman–Crippen LogP) is 1.35. The molecule has 0 spiro atoms. The predicted molar refractivity (Wildman–Crippen MR) is 40.5 cm³/mol. The average molecular weight is 206 g/mol. The molecule has 0 amide bonds. The molecule has 1 aliphatic heterocycles. The van der Waals surface area contributed by atoms with Crippen LogP contribution in [0.25, 0.3) is 0 Å². The molecule has 0 bridgehead atoms. The second kappa shape index (κ2) is 4.30. The van der Waals surface area contributed by atoms with Gasteiger partial charge >= 0.3 is 6.18 Å². The van der Waals surface area contributed by atoms with Gasteiger partial charge in [0.05, 0.1) is 6.10 Å². The summed E-state index contributed by atoms with van der Waals surface area (Å²) in [5.41, 5.74) is 0. The second-order valence-electron chi connectivity index (χ2n) is 2.64. The molecule has 0 aromatic carbocycles. The van der Waals surface area contributed by atoms with E-state index >= 15 is 0 Å². The van der Waals surface area contributed by atoms with Crippen molar-refractivity contribution in [3.63, 3.8) is 0 Å². The highest BCUT2D eigenvalue weighted by Gasteiger charge is 2.42. The van der Waals surface area contributed by atoms with Gasteiger partial charge in [-0.1, -0.05) is 0 Å². The Morgan fingerprint density at radius 2 is 1.92 bits per heavy atom. The summed E-state index contributed by atoms with van der Waals surface area (Å²) in [7, 11) is 0. The lowest BCUT2D eigenvalue weighted by Crippen LogP contribution is -2.50. The van der Waals surface area contributed by atoms with Crippen LogP contribution in [0.3, 0.4) is 0 Å². The van der Waals surface area contributed by atoms with Crippen LogP contribution in [0.5, 0.6) is 0 Å². The molecule has 12 heavy (non-hydrogen) atoms. The molecule has 2 nitrogen and oxygen atoms in total. The molecular formula is C6H11ClF3NO. The quantitative estimate of drug-likeness (QED) is 0.645. The number of hydrogen-bond donors (Lipinski definition) is 1. The molecule has 1 rings (SSSR count). The lowest BCUT2D eigenvalue weighted by atomic mass is 10.2. The minimum atomic E-state index is -4.23. The minimum absolute atomic E-state index is 0. The van der Waals surface area contributed by atoms with Crippen molar-refractivity contribution in [2.45, 2.75) is 25.3 Å². The van der Waals surface area contributed by atoms with Crippen LogP contribution in [-0.2, 0) is 4.74 Å². The van der Waals surface area contributed by atoms with Gasteiger partial charge in [0.15, 0.2) is 6.10 Å². The maximum absolute atomic E-state index is 11.9. The van der Waals surface area contributed by atoms with Gasteiger partial charge in [-0.25, -0.2) is 0 Å². The van der Waals surface area contributed by atoms with E-state index in [4.69, 9.17) is 0 Å². The van der Waals surface area contributed by atoms with Crippen molar-refractivity contribution in [1.82, 2.24) is 5.32 Å². The number of morpholine rings is 1. The number of nitrogens with one attached hydrogen (secondary N) is 1. The monoisotopic (exact) mass is 205 g/mol. The summed E-state index contributed by atoms with van der Waals surface area (Å²) in [5.74, 6) is 0. The van der Waals surface area contributed by atoms with E-state index in [0.29, 0.717) is 6.54 Å². The van der Waals surface area contributed by atoms with E-state index in [2.05, 4.69) is 10.1 Å². The van der Waals surface area contributed by atoms with Gasteiger partial charge in [0.1, 0.15) is 0 Å². The third-order valence-electron chi connectivity index (χ3n) is 1.52. The first kappa shape index (κ1) is 12.0. The van der Waals surface area contributed by atoms with Crippen LogP contribution in [0.1, 0.15) is 6.92 Å². The third-order valence-corrected chi connectivity index (χ3v) is 1.52. The van der Waals surface area contributed by atoms with Crippen LogP contribution in [0.15, 0.2) is 0 Å². The molecule has 0 radical (unpaired) electrons. The summed E-state index contributed by atoms with van der Waals surface area (Å²) in [4.78, 5) is 0. The van der Waals surface area contributed by atoms with Crippen LogP contribution in [0.4, 0.5) is 13.2 Å². The summed E-state index contributed by atoms with van der Waals surface area (Å²) >= 11 is 0. The van der Waals surface area contributed by atoms with Crippen LogP contribution in [0.2, 0.25) is 0 Å². The molecule has 0 aromatic rings. The Hall–Kier alpha value is 0. The van der Waals surface area contributed by atoms with E-state index in [-0.39, 0.29) is 25.1 Å². The van der Waals surface area contributed by atoms with Crippen molar-refractivity contribution in [3.8, 4) is 0 Å². The van der Waals surface area contributed by atoms with Crippen molar-refractivity contribution in [2.24, 2.45) is 0 Å². The first-order valence-electron chi connectivity index (χ1n) is 3.43. The number of hydrogen-bond acceptors (Lipinski definition) is 2. The van der Waals surface area contributed by atoms with Gasteiger partial charge in [-0.15, -0.1) is 12.4 Å². The molecule has 6 heteroatoms. The summed E-state index contributed by atoms with van der Waals surface area (Å²) in [6, 6.07) is 0. The third kappa shape index (κ3) is 3.16. The van der Waals surface area contributed by atoms with E-state index in [0.717, 1.165) is 0 Å². The fourth-order valence-electron chi connectivity index (χ4n) is 0.987. The fraction of sp³-hybridized carbons (Fsp3) is 1.00. The molecule has 1 saturated heterocycles. The average Bonchev–Trinajstić information content (AvgIpc) is 1.86. The standard InChI is InChI=1S/C6H10F3NO.ClH/c1-4-2-10-3-5(11-4)6(7,8)9;/h4-5,10H,2-3H2,1H3;1H/t4-,5+;/m1./s1. The van der Waals surface area contributed by atoms with Gasteiger partial charge in [0.2, 0.25) is 0 Å². The Labute approximate surface area is 74.9 Å². The first-order chi connectivity index (χ1) is 5.00. The molecule has 1 N–H and O–H groups in total. The molecule has 0 unspecified atom stereocenters. The first-order valence-corrected chi connectivity index (χ1v) is 3.43. The zero-order valence-corrected chi connectivity index (χ0v) is 7.34. The summed E-state index contributed by atoms with van der Waals surface area (Å²) in [6.07, 6.45) is -6.22. The van der Waals surface area contributed by atoms with Gasteiger partial charge in [0.25, 0.3) is 0 Å². The Kier molecular flexibility index (Phi) is 4.30. The van der Waals surface area contributed by atoms with Crippen molar-refractivity contribution in [3.05, 3.63) is 0 Å². The molecule has 0 aromatic heterocycles. The van der Waals surface area contributed by atoms with Gasteiger partial charge in [-0.05, 0) is 6.92 Å². The minimum Gasteiger partial charge on any atom is -0.363 e. The summed E-state index contributed by atoms with van der Waals surface area (Å²) in [6.45, 7) is 1.98. The number of alkyl halides is 3. The Morgan fingerprint density at radius 1 is 1.33 bits per heavy atom. The molecule has 1 aliphatic rings. The van der Waals surface area contributed by atoms with Crippen LogP contribution < -0.4 is 5.32 Å². The van der Waals surface area contributed by atoms with E-state index < -0.39 is 12.3 Å². The van der Waals surface area contributed by atoms with Gasteiger partial charge in [0, 0.05) is 13.1 Å². The molecule has 0 aliphatic carbocycles. The smallest absolute Gasteiger partial charge is 0.363 e. The number of ether oxygens (including phenoxy) is 1. The highest BCUT2D eigenvalue weighted by atomic mass is 35.5. The van der Waals surface area contributed by atoms with E-state index in [1.807, 2.05) is 0 Å². The van der Waals surface area contributed by atoms with Gasteiger partial charge < -0.3 is 10.1 Å². The van der Waals surface area contributed by atoms with Crippen molar-refractivity contribution in [2.75, 3.05) is 13.1 Å². The van der Waals surface area contributed by atoms with Crippen molar-refractivity contribution < 1.29 is 17.9 Å². The SMILES string of the molecule is C[C@@H]1CNC[C@@H](C(F)(F)F)O1.Cl. The van der Waals surface area contributed by atoms with Crippen molar-refractivity contribution >= 4 is 12.4 Å². The van der Waals surface area contributed by atoms with Crippen molar-refractivity contribution in [1.29, 1.82) is 0 Å². The highest BCUT2D eigenvalue weighted by molar-refractivity contribution is 5.85. The maximum Gasteiger partial charge on any atom is 0.415 e. The largest absolute Gasteiger partial charge is 0.415 e. The maximum atomic E-state index is 11.9. The Morgan fingerprint density at radius 3 is 2.25 bits per heavy atom. The zero-order chi connectivity index (χ0) is 8.48. The molecule has 0 saturated carbocycles. The van der Waals surface area contributed by atoms with Crippen LogP contribution >= 0.6 is 12.4 Å².